The Hall–Kier alpha value is -3.49. The number of ether oxygens (including phenoxy) is 3. The molecular formula is C37H46N2O5. The van der Waals surface area contributed by atoms with Gasteiger partial charge in [-0.05, 0) is 59.8 Å². The Bertz CT molecular complexity index is 1330. The average Bonchev–Trinajstić information content (AvgIpc) is 3.05. The van der Waals surface area contributed by atoms with Crippen LogP contribution >= 0.6 is 0 Å². The van der Waals surface area contributed by atoms with Crippen LogP contribution in [0, 0.1) is 5.92 Å². The Kier molecular flexibility index (Phi) is 11.6. The minimum absolute atomic E-state index is 0.0257. The Labute approximate surface area is 261 Å². The van der Waals surface area contributed by atoms with Gasteiger partial charge in [-0.2, -0.15) is 0 Å². The number of carbonyl (C=O) groups is 1. The summed E-state index contributed by atoms with van der Waals surface area (Å²) in [6.45, 7) is 9.52. The van der Waals surface area contributed by atoms with Gasteiger partial charge in [0.15, 0.2) is 6.29 Å². The van der Waals surface area contributed by atoms with Crippen LogP contribution < -0.4 is 5.32 Å². The molecule has 2 N–H and O–H groups in total. The third-order valence-corrected chi connectivity index (χ3v) is 8.72. The van der Waals surface area contributed by atoms with Crippen molar-refractivity contribution in [3.8, 4) is 11.1 Å². The summed E-state index contributed by atoms with van der Waals surface area (Å²) in [7, 11) is 0. The number of likely N-dealkylation sites (tertiary alicyclic amines) is 1. The summed E-state index contributed by atoms with van der Waals surface area (Å²) in [5.74, 6) is 0.168. The number of rotatable bonds is 10. The van der Waals surface area contributed by atoms with E-state index in [1.807, 2.05) is 24.3 Å². The molecule has 7 nitrogen and oxygen atoms in total. The lowest BCUT2D eigenvalue weighted by molar-refractivity contribution is -0.276. The molecule has 5 rings (SSSR count). The number of hydrogen-bond acceptors (Lipinski definition) is 6. The molecule has 0 spiro atoms. The lowest BCUT2D eigenvalue weighted by atomic mass is 9.89. The number of benzene rings is 3. The number of amides is 1. The van der Waals surface area contributed by atoms with Gasteiger partial charge in [0.1, 0.15) is 6.61 Å². The van der Waals surface area contributed by atoms with Gasteiger partial charge < -0.3 is 29.5 Å². The minimum Gasteiger partial charge on any atom is -0.445 e. The zero-order valence-corrected chi connectivity index (χ0v) is 25.8. The fraction of sp³-hybridized carbons (Fsp3) is 0.432. The summed E-state index contributed by atoms with van der Waals surface area (Å²) in [5, 5.41) is 12.3. The molecule has 44 heavy (non-hydrogen) atoms. The van der Waals surface area contributed by atoms with Crippen molar-refractivity contribution in [2.24, 2.45) is 5.92 Å². The van der Waals surface area contributed by atoms with E-state index in [1.165, 1.54) is 32.1 Å². The Morgan fingerprint density at radius 2 is 1.64 bits per heavy atom. The third-order valence-electron chi connectivity index (χ3n) is 8.72. The summed E-state index contributed by atoms with van der Waals surface area (Å²) in [6.07, 6.45) is 6.92. The maximum Gasteiger partial charge on any atom is 0.407 e. The van der Waals surface area contributed by atoms with Crippen molar-refractivity contribution in [1.29, 1.82) is 0 Å². The molecule has 4 atom stereocenters. The van der Waals surface area contributed by atoms with Gasteiger partial charge in [-0.3, -0.25) is 0 Å². The van der Waals surface area contributed by atoms with Crippen molar-refractivity contribution in [3.63, 3.8) is 0 Å². The van der Waals surface area contributed by atoms with Crippen LogP contribution in [0.1, 0.15) is 73.7 Å². The first kappa shape index (κ1) is 31.9. The number of nitrogens with zero attached hydrogens (tertiary/aromatic N) is 1. The minimum atomic E-state index is -0.486. The number of alkyl carbamates (subject to hydrolysis) is 1. The largest absolute Gasteiger partial charge is 0.445 e. The van der Waals surface area contributed by atoms with E-state index in [2.05, 4.69) is 72.3 Å². The van der Waals surface area contributed by atoms with Crippen LogP contribution in [0.25, 0.3) is 11.1 Å². The van der Waals surface area contributed by atoms with Crippen LogP contribution in [-0.2, 0) is 27.4 Å². The first-order valence-electron chi connectivity index (χ1n) is 16.0. The highest BCUT2D eigenvalue weighted by molar-refractivity contribution is 5.68. The van der Waals surface area contributed by atoms with Crippen LogP contribution in [0.4, 0.5) is 4.79 Å². The molecule has 0 bridgehead atoms. The van der Waals surface area contributed by atoms with E-state index in [4.69, 9.17) is 14.2 Å². The molecule has 0 aromatic heterocycles. The van der Waals surface area contributed by atoms with E-state index in [-0.39, 0.29) is 31.3 Å². The van der Waals surface area contributed by atoms with E-state index < -0.39 is 12.4 Å². The molecule has 2 heterocycles. The molecule has 3 aromatic rings. The quantitative estimate of drug-likeness (QED) is 0.238. The zero-order valence-electron chi connectivity index (χ0n) is 25.8. The number of carbonyl (C=O) groups excluding carboxylic acids is 1. The van der Waals surface area contributed by atoms with Gasteiger partial charge in [0, 0.05) is 24.6 Å². The Balaban J connectivity index is 1.32. The molecule has 0 unspecified atom stereocenters. The first-order valence-corrected chi connectivity index (χ1v) is 16.0. The van der Waals surface area contributed by atoms with Gasteiger partial charge in [0.25, 0.3) is 0 Å². The summed E-state index contributed by atoms with van der Waals surface area (Å²) in [5.41, 5.74) is 6.10. The van der Waals surface area contributed by atoms with Gasteiger partial charge in [0.2, 0.25) is 0 Å². The van der Waals surface area contributed by atoms with Crippen LogP contribution in [-0.4, -0.2) is 48.4 Å². The molecule has 0 aliphatic carbocycles. The van der Waals surface area contributed by atoms with Crippen molar-refractivity contribution >= 4 is 6.09 Å². The van der Waals surface area contributed by atoms with E-state index in [9.17, 15) is 9.90 Å². The van der Waals surface area contributed by atoms with E-state index in [1.54, 1.807) is 6.08 Å². The van der Waals surface area contributed by atoms with Crippen molar-refractivity contribution in [2.75, 3.05) is 26.2 Å². The maximum absolute atomic E-state index is 11.8. The normalized spacial score (nSPS) is 22.9. The first-order chi connectivity index (χ1) is 21.5. The molecule has 2 aliphatic rings. The van der Waals surface area contributed by atoms with Gasteiger partial charge in [-0.1, -0.05) is 106 Å². The second kappa shape index (κ2) is 16.0. The molecule has 0 saturated carbocycles. The summed E-state index contributed by atoms with van der Waals surface area (Å²) < 4.78 is 18.4. The van der Waals surface area contributed by atoms with Crippen molar-refractivity contribution in [1.82, 2.24) is 10.2 Å². The average molecular weight is 599 g/mol. The van der Waals surface area contributed by atoms with E-state index in [0.717, 1.165) is 53.0 Å². The van der Waals surface area contributed by atoms with E-state index >= 15 is 0 Å². The molecule has 2 saturated heterocycles. The van der Waals surface area contributed by atoms with Crippen LogP contribution in [0.5, 0.6) is 0 Å². The van der Waals surface area contributed by atoms with Crippen LogP contribution in [0.15, 0.2) is 85.5 Å². The smallest absolute Gasteiger partial charge is 0.407 e. The molecular weight excluding hydrogens is 552 g/mol. The van der Waals surface area contributed by atoms with Crippen molar-refractivity contribution < 1.29 is 24.1 Å². The number of hydrogen-bond donors (Lipinski definition) is 2. The molecule has 2 fully saturated rings. The monoisotopic (exact) mass is 598 g/mol. The van der Waals surface area contributed by atoms with Gasteiger partial charge >= 0.3 is 6.09 Å². The second-order valence-corrected chi connectivity index (χ2v) is 12.0. The predicted molar refractivity (Wildman–Crippen MR) is 173 cm³/mol. The third kappa shape index (κ3) is 8.57. The number of aliphatic hydroxyl groups excluding tert-OH is 1. The number of nitrogens with one attached hydrogen (secondary N) is 1. The maximum atomic E-state index is 11.8. The summed E-state index contributed by atoms with van der Waals surface area (Å²) in [4.78, 5) is 14.4. The highest BCUT2D eigenvalue weighted by Gasteiger charge is 2.39. The van der Waals surface area contributed by atoms with Gasteiger partial charge in [-0.15, -0.1) is 0 Å². The van der Waals surface area contributed by atoms with Crippen molar-refractivity contribution in [3.05, 3.63) is 108 Å². The molecule has 1 amide bonds. The Morgan fingerprint density at radius 3 is 2.34 bits per heavy atom. The fourth-order valence-electron chi connectivity index (χ4n) is 6.13. The summed E-state index contributed by atoms with van der Waals surface area (Å²) in [6, 6.07) is 24.6. The molecule has 0 radical (unpaired) electrons. The molecule has 7 heteroatoms. The predicted octanol–water partition coefficient (Wildman–Crippen LogP) is 7.32. The lowest BCUT2D eigenvalue weighted by Crippen LogP contribution is -2.45. The van der Waals surface area contributed by atoms with Gasteiger partial charge in [-0.25, -0.2) is 4.79 Å². The standard InChI is InChI=1S/C37H46N2O5/c1-3-22-42-37(41)38-24-29-10-9-11-33(23-29)30-16-18-32(19-17-30)36-43-34(25-39-20-7-5-4-6-8-21-39)27(2)35(44-36)31-14-12-28(26-40)13-15-31/h3,9-19,23,27,34-36,40H,1,4-8,20-22,24-26H2,2H3,(H,38,41)/t27-,34+,35+,36+/m1/s1. The summed E-state index contributed by atoms with van der Waals surface area (Å²) >= 11 is 0. The topological polar surface area (TPSA) is 80.3 Å². The number of aliphatic hydroxyl groups is 1. The van der Waals surface area contributed by atoms with Crippen molar-refractivity contribution in [2.45, 2.75) is 70.7 Å². The Morgan fingerprint density at radius 1 is 0.932 bits per heavy atom. The molecule has 3 aromatic carbocycles. The van der Waals surface area contributed by atoms with Gasteiger partial charge in [0.05, 0.1) is 18.8 Å². The van der Waals surface area contributed by atoms with Crippen LogP contribution in [0.3, 0.4) is 0 Å². The zero-order chi connectivity index (χ0) is 30.7. The van der Waals surface area contributed by atoms with Crippen LogP contribution in [0.2, 0.25) is 0 Å². The SMILES string of the molecule is C=CCOC(=O)NCc1cccc(-c2ccc([C@H]3O[C@@H](CN4CCCCCCC4)[C@@H](C)[C@@H](c4ccc(CO)cc4)O3)cc2)c1. The fourth-order valence-corrected chi connectivity index (χ4v) is 6.13. The second-order valence-electron chi connectivity index (χ2n) is 12.0. The lowest BCUT2D eigenvalue weighted by Gasteiger charge is -2.43. The highest BCUT2D eigenvalue weighted by atomic mass is 16.7. The molecule has 2 aliphatic heterocycles. The highest BCUT2D eigenvalue weighted by Crippen LogP contribution is 2.42. The van der Waals surface area contributed by atoms with E-state index in [0.29, 0.717) is 6.54 Å². The molecule has 234 valence electrons.